The third kappa shape index (κ3) is 5.69. The maximum Gasteiger partial charge on any atom is 0.329 e. The zero-order chi connectivity index (χ0) is 19.8. The van der Waals surface area contributed by atoms with Crippen LogP contribution in [0.15, 0.2) is 9.59 Å². The van der Waals surface area contributed by atoms with Crippen LogP contribution in [-0.4, -0.2) is 51.2 Å². The molecule has 0 bridgehead atoms. The summed E-state index contributed by atoms with van der Waals surface area (Å²) >= 11 is 0. The standard InChI is InChI=1S/C19H34N6O2/c1-5-6-7-8-9-10-11-13-25-15-16(24(4)19(27)22-17(15)26)21-18(25)20-12-14-23(2)3/h5-14H2,1-4H3,(H,20,21)(H,22,26,27). The van der Waals surface area contributed by atoms with Crippen LogP contribution in [0.4, 0.5) is 5.95 Å². The lowest BCUT2D eigenvalue weighted by Gasteiger charge is -2.13. The molecule has 0 spiro atoms. The van der Waals surface area contributed by atoms with Gasteiger partial charge in [-0.1, -0.05) is 45.4 Å². The van der Waals surface area contributed by atoms with Crippen LogP contribution in [-0.2, 0) is 13.6 Å². The number of hydrogen-bond acceptors (Lipinski definition) is 5. The second-order valence-electron chi connectivity index (χ2n) is 7.43. The number of anilines is 1. The predicted octanol–water partition coefficient (Wildman–Crippen LogP) is 2.15. The van der Waals surface area contributed by atoms with E-state index in [0.717, 1.165) is 32.5 Å². The summed E-state index contributed by atoms with van der Waals surface area (Å²) in [5.74, 6) is 0.657. The highest BCUT2D eigenvalue weighted by Crippen LogP contribution is 2.17. The summed E-state index contributed by atoms with van der Waals surface area (Å²) < 4.78 is 3.32. The number of imidazole rings is 1. The number of H-pyrrole nitrogens is 1. The molecule has 0 amide bonds. The minimum Gasteiger partial charge on any atom is -0.354 e. The molecule has 27 heavy (non-hydrogen) atoms. The first-order chi connectivity index (χ1) is 13.0. The van der Waals surface area contributed by atoms with Crippen LogP contribution in [0.1, 0.15) is 51.9 Å². The molecule has 0 atom stereocenters. The van der Waals surface area contributed by atoms with Gasteiger partial charge in [0.05, 0.1) is 0 Å². The second-order valence-corrected chi connectivity index (χ2v) is 7.43. The van der Waals surface area contributed by atoms with Gasteiger partial charge in [-0.05, 0) is 20.5 Å². The molecule has 0 aliphatic rings. The maximum absolute atomic E-state index is 12.4. The summed E-state index contributed by atoms with van der Waals surface area (Å²) in [6.45, 7) is 4.52. The monoisotopic (exact) mass is 378 g/mol. The molecule has 0 unspecified atom stereocenters. The molecule has 0 radical (unpaired) electrons. The Morgan fingerprint density at radius 3 is 2.41 bits per heavy atom. The van der Waals surface area contributed by atoms with Crippen molar-refractivity contribution in [1.82, 2.24) is 24.0 Å². The maximum atomic E-state index is 12.4. The summed E-state index contributed by atoms with van der Waals surface area (Å²) in [4.78, 5) is 33.3. The van der Waals surface area contributed by atoms with E-state index in [1.165, 1.54) is 36.7 Å². The molecule has 8 nitrogen and oxygen atoms in total. The van der Waals surface area contributed by atoms with Crippen LogP contribution < -0.4 is 16.6 Å². The van der Waals surface area contributed by atoms with Crippen LogP contribution in [0.3, 0.4) is 0 Å². The third-order valence-electron chi connectivity index (χ3n) is 4.83. The van der Waals surface area contributed by atoms with E-state index in [1.54, 1.807) is 7.05 Å². The Morgan fingerprint density at radius 1 is 1.07 bits per heavy atom. The van der Waals surface area contributed by atoms with Gasteiger partial charge < -0.3 is 14.8 Å². The molecular weight excluding hydrogens is 344 g/mol. The van der Waals surface area contributed by atoms with Gasteiger partial charge in [-0.15, -0.1) is 0 Å². The van der Waals surface area contributed by atoms with Crippen LogP contribution in [0.2, 0.25) is 0 Å². The molecule has 2 aromatic heterocycles. The molecule has 0 aromatic carbocycles. The Kier molecular flexibility index (Phi) is 8.09. The highest BCUT2D eigenvalue weighted by molar-refractivity contribution is 5.74. The van der Waals surface area contributed by atoms with Crippen molar-refractivity contribution in [2.45, 2.75) is 58.4 Å². The second kappa shape index (κ2) is 10.3. The molecule has 152 valence electrons. The highest BCUT2D eigenvalue weighted by atomic mass is 16.2. The van der Waals surface area contributed by atoms with Gasteiger partial charge in [0.2, 0.25) is 5.95 Å². The first-order valence-corrected chi connectivity index (χ1v) is 10.0. The van der Waals surface area contributed by atoms with Gasteiger partial charge >= 0.3 is 5.69 Å². The molecular formula is C19H34N6O2. The fraction of sp³-hybridized carbons (Fsp3) is 0.737. The van der Waals surface area contributed by atoms with Crippen molar-refractivity contribution in [1.29, 1.82) is 0 Å². The lowest BCUT2D eigenvalue weighted by Crippen LogP contribution is -2.29. The number of fused-ring (bicyclic) bond motifs is 1. The lowest BCUT2D eigenvalue weighted by atomic mass is 10.1. The van der Waals surface area contributed by atoms with Gasteiger partial charge in [-0.25, -0.2) is 4.79 Å². The van der Waals surface area contributed by atoms with Crippen molar-refractivity contribution in [2.24, 2.45) is 7.05 Å². The van der Waals surface area contributed by atoms with E-state index in [4.69, 9.17) is 0 Å². The van der Waals surface area contributed by atoms with E-state index in [1.807, 2.05) is 18.7 Å². The fourth-order valence-corrected chi connectivity index (χ4v) is 3.21. The number of unbranched alkanes of at least 4 members (excludes halogenated alkanes) is 6. The minimum atomic E-state index is -0.437. The van der Waals surface area contributed by atoms with Crippen LogP contribution in [0.25, 0.3) is 11.2 Å². The third-order valence-corrected chi connectivity index (χ3v) is 4.83. The van der Waals surface area contributed by atoms with Crippen molar-refractivity contribution in [3.63, 3.8) is 0 Å². The van der Waals surface area contributed by atoms with Gasteiger partial charge in [0.25, 0.3) is 5.56 Å². The molecule has 0 saturated carbocycles. The van der Waals surface area contributed by atoms with E-state index in [-0.39, 0.29) is 5.56 Å². The molecule has 0 saturated heterocycles. The summed E-state index contributed by atoms with van der Waals surface area (Å²) in [6.07, 6.45) is 8.45. The number of aromatic nitrogens is 4. The molecule has 2 rings (SSSR count). The van der Waals surface area contributed by atoms with Crippen molar-refractivity contribution in [3.8, 4) is 0 Å². The number of rotatable bonds is 12. The van der Waals surface area contributed by atoms with E-state index < -0.39 is 5.69 Å². The van der Waals surface area contributed by atoms with Crippen molar-refractivity contribution >= 4 is 17.1 Å². The van der Waals surface area contributed by atoms with Crippen LogP contribution in [0, 0.1) is 0 Å². The van der Waals surface area contributed by atoms with Gasteiger partial charge in [0.1, 0.15) is 0 Å². The number of aromatic amines is 1. The van der Waals surface area contributed by atoms with Gasteiger partial charge in [0.15, 0.2) is 11.2 Å². The Hall–Kier alpha value is -2.09. The Morgan fingerprint density at radius 2 is 1.74 bits per heavy atom. The molecule has 0 fully saturated rings. The minimum absolute atomic E-state index is 0.371. The summed E-state index contributed by atoms with van der Waals surface area (Å²) in [6, 6.07) is 0. The molecule has 0 aliphatic heterocycles. The average molecular weight is 379 g/mol. The first-order valence-electron chi connectivity index (χ1n) is 10.0. The van der Waals surface area contributed by atoms with E-state index >= 15 is 0 Å². The van der Waals surface area contributed by atoms with Gasteiger partial charge in [-0.2, -0.15) is 4.98 Å². The molecule has 2 N–H and O–H groups in total. The largest absolute Gasteiger partial charge is 0.354 e. The number of likely N-dealkylation sites (N-methyl/N-ethyl adjacent to an activating group) is 1. The molecule has 8 heteroatoms. The number of nitrogens with zero attached hydrogens (tertiary/aromatic N) is 4. The summed E-state index contributed by atoms with van der Waals surface area (Å²) in [5.41, 5.74) is 0.0894. The molecule has 2 heterocycles. The van der Waals surface area contributed by atoms with Crippen molar-refractivity contribution < 1.29 is 0 Å². The normalized spacial score (nSPS) is 11.6. The predicted molar refractivity (Wildman–Crippen MR) is 111 cm³/mol. The summed E-state index contributed by atoms with van der Waals surface area (Å²) in [5, 5.41) is 3.32. The first kappa shape index (κ1) is 21.2. The van der Waals surface area contributed by atoms with Crippen LogP contribution in [0.5, 0.6) is 0 Å². The summed E-state index contributed by atoms with van der Waals surface area (Å²) in [7, 11) is 5.66. The smallest absolute Gasteiger partial charge is 0.329 e. The van der Waals surface area contributed by atoms with E-state index in [2.05, 4.69) is 27.1 Å². The number of nitrogens with one attached hydrogen (secondary N) is 2. The van der Waals surface area contributed by atoms with E-state index in [9.17, 15) is 9.59 Å². The SMILES string of the molecule is CCCCCCCCCn1c(NCCN(C)C)nc2c1c(=O)[nH]c(=O)n2C. The lowest BCUT2D eigenvalue weighted by molar-refractivity contribution is 0.424. The van der Waals surface area contributed by atoms with Crippen LogP contribution >= 0.6 is 0 Å². The zero-order valence-electron chi connectivity index (χ0n) is 17.2. The highest BCUT2D eigenvalue weighted by Gasteiger charge is 2.16. The number of hydrogen-bond donors (Lipinski definition) is 2. The average Bonchev–Trinajstić information content (AvgIpc) is 2.98. The van der Waals surface area contributed by atoms with Gasteiger partial charge in [0, 0.05) is 26.7 Å². The quantitative estimate of drug-likeness (QED) is 0.553. The Balaban J connectivity index is 2.16. The topological polar surface area (TPSA) is 88.0 Å². The molecule has 2 aromatic rings. The Bertz CT molecular complexity index is 833. The van der Waals surface area contributed by atoms with Crippen molar-refractivity contribution in [3.05, 3.63) is 20.8 Å². The van der Waals surface area contributed by atoms with Crippen molar-refractivity contribution in [2.75, 3.05) is 32.5 Å². The Labute approximate surface area is 160 Å². The van der Waals surface area contributed by atoms with E-state index in [0.29, 0.717) is 17.1 Å². The number of aryl methyl sites for hydroxylation is 2. The zero-order valence-corrected chi connectivity index (χ0v) is 17.2. The molecule has 0 aliphatic carbocycles. The fourth-order valence-electron chi connectivity index (χ4n) is 3.21. The van der Waals surface area contributed by atoms with Gasteiger partial charge in [-0.3, -0.25) is 14.3 Å².